The van der Waals surface area contributed by atoms with Gasteiger partial charge in [-0.2, -0.15) is 0 Å². The maximum atomic E-state index is 6.02. The first kappa shape index (κ1) is 14.9. The number of furan rings is 3. The molecule has 5 aromatic rings. The van der Waals surface area contributed by atoms with Gasteiger partial charge in [0, 0.05) is 6.42 Å². The van der Waals surface area contributed by atoms with Gasteiger partial charge in [-0.3, -0.25) is 0 Å². The normalized spacial score (nSPS) is 12.0. The van der Waals surface area contributed by atoms with E-state index < -0.39 is 0 Å². The molecular weight excluding hydrogens is 332 g/mol. The third-order valence-corrected chi connectivity index (χ3v) is 4.18. The van der Waals surface area contributed by atoms with Crippen LogP contribution in [0.3, 0.4) is 0 Å². The highest BCUT2D eigenvalue weighted by Gasteiger charge is 2.25. The summed E-state index contributed by atoms with van der Waals surface area (Å²) in [6.07, 6.45) is 5.65. The van der Waals surface area contributed by atoms with E-state index in [-0.39, 0.29) is 0 Å². The van der Waals surface area contributed by atoms with Crippen molar-refractivity contribution in [2.24, 2.45) is 5.92 Å². The average molecular weight is 348 g/mol. The second-order valence-corrected chi connectivity index (χ2v) is 6.58. The number of hydrogen-bond donors (Lipinski definition) is 0. The molecule has 130 valence electrons. The Labute approximate surface area is 148 Å². The molecule has 0 aliphatic carbocycles. The van der Waals surface area contributed by atoms with E-state index in [0.717, 1.165) is 23.2 Å². The Hall–Kier alpha value is -3.35. The van der Waals surface area contributed by atoms with Crippen LogP contribution in [0.5, 0.6) is 0 Å². The standard InChI is InChI=1S/C19H16N4O3/c1-11(2)9-14-21-18-16-15(12-5-3-7-24-12)17(13-6-4-8-25-13)26-19(16)20-10-23(18)22-14/h3-8,10-11H,9H2,1-2H3. The summed E-state index contributed by atoms with van der Waals surface area (Å²) >= 11 is 0. The molecule has 0 atom stereocenters. The molecule has 7 nitrogen and oxygen atoms in total. The van der Waals surface area contributed by atoms with Gasteiger partial charge in [-0.25, -0.2) is 14.5 Å². The van der Waals surface area contributed by atoms with Crippen LogP contribution in [-0.4, -0.2) is 19.6 Å². The summed E-state index contributed by atoms with van der Waals surface area (Å²) in [5, 5.41) is 5.31. The molecule has 7 heteroatoms. The van der Waals surface area contributed by atoms with Crippen LogP contribution >= 0.6 is 0 Å². The summed E-state index contributed by atoms with van der Waals surface area (Å²) in [6.45, 7) is 4.28. The van der Waals surface area contributed by atoms with Crippen LogP contribution in [0.4, 0.5) is 0 Å². The van der Waals surface area contributed by atoms with E-state index in [4.69, 9.17) is 18.2 Å². The summed E-state index contributed by atoms with van der Waals surface area (Å²) in [5.41, 5.74) is 1.93. The minimum absolute atomic E-state index is 0.462. The number of hydrogen-bond acceptors (Lipinski definition) is 6. The zero-order chi connectivity index (χ0) is 17.7. The fourth-order valence-electron chi connectivity index (χ4n) is 3.13. The van der Waals surface area contributed by atoms with Crippen LogP contribution in [0.1, 0.15) is 19.7 Å². The van der Waals surface area contributed by atoms with Crippen LogP contribution in [0.15, 0.2) is 56.4 Å². The van der Waals surface area contributed by atoms with Crippen molar-refractivity contribution in [3.63, 3.8) is 0 Å². The van der Waals surface area contributed by atoms with Gasteiger partial charge in [0.1, 0.15) is 12.1 Å². The van der Waals surface area contributed by atoms with Gasteiger partial charge in [0.2, 0.25) is 5.71 Å². The number of fused-ring (bicyclic) bond motifs is 3. The highest BCUT2D eigenvalue weighted by molar-refractivity contribution is 6.05. The first-order chi connectivity index (χ1) is 12.7. The van der Waals surface area contributed by atoms with Crippen molar-refractivity contribution in [2.45, 2.75) is 20.3 Å². The minimum atomic E-state index is 0.462. The van der Waals surface area contributed by atoms with Crippen LogP contribution in [-0.2, 0) is 6.42 Å². The van der Waals surface area contributed by atoms with E-state index in [1.807, 2.05) is 24.3 Å². The lowest BCUT2D eigenvalue weighted by molar-refractivity contribution is 0.536. The highest BCUT2D eigenvalue weighted by atomic mass is 16.4. The lowest BCUT2D eigenvalue weighted by Gasteiger charge is -1.97. The summed E-state index contributed by atoms with van der Waals surface area (Å²) in [7, 11) is 0. The molecule has 0 aliphatic heterocycles. The molecule has 0 saturated carbocycles. The summed E-state index contributed by atoms with van der Waals surface area (Å²) in [6, 6.07) is 7.37. The SMILES string of the molecule is CC(C)Cc1nc2c3c(-c4ccco4)c(-c4ccco4)oc3ncn2n1. The molecule has 0 spiro atoms. The molecule has 0 N–H and O–H groups in total. The third kappa shape index (κ3) is 2.24. The second-order valence-electron chi connectivity index (χ2n) is 6.58. The van der Waals surface area contributed by atoms with E-state index in [2.05, 4.69) is 23.9 Å². The Balaban J connectivity index is 1.85. The Morgan fingerprint density at radius 1 is 1.08 bits per heavy atom. The Bertz CT molecular complexity index is 1180. The zero-order valence-corrected chi connectivity index (χ0v) is 14.3. The Morgan fingerprint density at radius 2 is 1.85 bits per heavy atom. The molecule has 0 amide bonds. The summed E-state index contributed by atoms with van der Waals surface area (Å²) in [4.78, 5) is 9.14. The molecular formula is C19H16N4O3. The van der Waals surface area contributed by atoms with Crippen molar-refractivity contribution in [1.82, 2.24) is 19.6 Å². The minimum Gasteiger partial charge on any atom is -0.464 e. The smallest absolute Gasteiger partial charge is 0.232 e. The molecule has 0 aliphatic rings. The fourth-order valence-corrected chi connectivity index (χ4v) is 3.13. The van der Waals surface area contributed by atoms with Crippen molar-refractivity contribution in [2.75, 3.05) is 0 Å². The van der Waals surface area contributed by atoms with Crippen molar-refractivity contribution in [3.05, 3.63) is 48.9 Å². The van der Waals surface area contributed by atoms with Crippen LogP contribution in [0.2, 0.25) is 0 Å². The van der Waals surface area contributed by atoms with Crippen molar-refractivity contribution < 1.29 is 13.3 Å². The van der Waals surface area contributed by atoms with Gasteiger partial charge in [0.15, 0.2) is 23.0 Å². The van der Waals surface area contributed by atoms with Crippen LogP contribution < -0.4 is 0 Å². The Kier molecular flexibility index (Phi) is 3.21. The van der Waals surface area contributed by atoms with Crippen LogP contribution in [0, 0.1) is 5.92 Å². The lowest BCUT2D eigenvalue weighted by atomic mass is 10.1. The molecule has 0 radical (unpaired) electrons. The lowest BCUT2D eigenvalue weighted by Crippen LogP contribution is -1.96. The summed E-state index contributed by atoms with van der Waals surface area (Å²) in [5.74, 6) is 3.07. The predicted molar refractivity (Wildman–Crippen MR) is 94.5 cm³/mol. The molecule has 0 saturated heterocycles. The molecule has 5 rings (SSSR count). The van der Waals surface area contributed by atoms with Crippen molar-refractivity contribution in [3.8, 4) is 22.8 Å². The molecule has 0 fully saturated rings. The third-order valence-electron chi connectivity index (χ3n) is 4.18. The molecule has 5 heterocycles. The van der Waals surface area contributed by atoms with Gasteiger partial charge in [-0.05, 0) is 30.2 Å². The van der Waals surface area contributed by atoms with Gasteiger partial charge >= 0.3 is 0 Å². The monoisotopic (exact) mass is 348 g/mol. The zero-order valence-electron chi connectivity index (χ0n) is 14.3. The Morgan fingerprint density at radius 3 is 2.54 bits per heavy atom. The van der Waals surface area contributed by atoms with Gasteiger partial charge in [0.25, 0.3) is 0 Å². The highest BCUT2D eigenvalue weighted by Crippen LogP contribution is 2.41. The van der Waals surface area contributed by atoms with Crippen molar-refractivity contribution >= 4 is 16.7 Å². The van der Waals surface area contributed by atoms with E-state index in [9.17, 15) is 0 Å². The van der Waals surface area contributed by atoms with Gasteiger partial charge < -0.3 is 13.3 Å². The largest absolute Gasteiger partial charge is 0.464 e. The fraction of sp³-hybridized carbons (Fsp3) is 0.211. The van der Waals surface area contributed by atoms with E-state index in [0.29, 0.717) is 34.6 Å². The number of nitrogens with zero attached hydrogens (tertiary/aromatic N) is 4. The second kappa shape index (κ2) is 5.59. The number of aromatic nitrogens is 4. The van der Waals surface area contributed by atoms with Gasteiger partial charge in [0.05, 0.1) is 23.5 Å². The molecule has 0 unspecified atom stereocenters. The first-order valence-corrected chi connectivity index (χ1v) is 8.45. The number of rotatable bonds is 4. The van der Waals surface area contributed by atoms with Gasteiger partial charge in [-0.1, -0.05) is 13.8 Å². The van der Waals surface area contributed by atoms with Crippen molar-refractivity contribution in [1.29, 1.82) is 0 Å². The van der Waals surface area contributed by atoms with E-state index >= 15 is 0 Å². The van der Waals surface area contributed by atoms with Gasteiger partial charge in [-0.15, -0.1) is 5.10 Å². The van der Waals surface area contributed by atoms with E-state index in [1.165, 1.54) is 0 Å². The maximum absolute atomic E-state index is 6.02. The molecule has 5 aromatic heterocycles. The quantitative estimate of drug-likeness (QED) is 0.472. The topological polar surface area (TPSA) is 82.5 Å². The van der Waals surface area contributed by atoms with E-state index in [1.54, 1.807) is 23.4 Å². The maximum Gasteiger partial charge on any atom is 0.232 e. The predicted octanol–water partition coefficient (Wildman–Crippen LogP) is 4.59. The average Bonchev–Trinajstić information content (AvgIpc) is 3.37. The molecule has 26 heavy (non-hydrogen) atoms. The summed E-state index contributed by atoms with van der Waals surface area (Å²) < 4.78 is 18.9. The molecule has 0 aromatic carbocycles. The van der Waals surface area contributed by atoms with Crippen LogP contribution in [0.25, 0.3) is 39.6 Å². The molecule has 0 bridgehead atoms. The first-order valence-electron chi connectivity index (χ1n) is 8.45.